The highest BCUT2D eigenvalue weighted by atomic mass is 31.2. The SMILES string of the molecule is CC/C=C\C/C=C\C/C=C\C/C=C\C=C/C(O)C/C=C\CCC(=O)OC[C@H](COP(=O)(O)O)OC(=O)CCCCCCCCC(C)CC. The third-order valence-corrected chi connectivity index (χ3v) is 7.86. The molecule has 0 aromatic rings. The molecule has 0 saturated carbocycles. The van der Waals surface area contributed by atoms with Crippen LogP contribution in [0.25, 0.3) is 0 Å². The Morgan fingerprint density at radius 3 is 2.00 bits per heavy atom. The van der Waals surface area contributed by atoms with Gasteiger partial charge in [0, 0.05) is 12.8 Å². The molecule has 0 aromatic carbocycles. The Morgan fingerprint density at radius 1 is 0.729 bits per heavy atom. The topological polar surface area (TPSA) is 140 Å². The normalized spacial score (nSPS) is 14.7. The molecule has 0 aliphatic rings. The van der Waals surface area contributed by atoms with Crippen molar-refractivity contribution in [3.63, 3.8) is 0 Å². The number of carbonyl (C=O) groups excluding carboxylic acids is 2. The maximum atomic E-state index is 12.3. The zero-order chi connectivity index (χ0) is 35.7. The zero-order valence-electron chi connectivity index (χ0n) is 29.6. The zero-order valence-corrected chi connectivity index (χ0v) is 30.5. The van der Waals surface area contributed by atoms with Crippen LogP contribution in [0.5, 0.6) is 0 Å². The summed E-state index contributed by atoms with van der Waals surface area (Å²) in [5, 5.41) is 10.1. The molecule has 0 fully saturated rings. The van der Waals surface area contributed by atoms with Gasteiger partial charge < -0.3 is 24.4 Å². The van der Waals surface area contributed by atoms with Crippen LogP contribution in [-0.2, 0) is 28.2 Å². The first kappa shape index (κ1) is 45.5. The summed E-state index contributed by atoms with van der Waals surface area (Å²) in [6.07, 6.45) is 35.4. The molecule has 10 heteroatoms. The lowest BCUT2D eigenvalue weighted by atomic mass is 10.00. The smallest absolute Gasteiger partial charge is 0.462 e. The highest BCUT2D eigenvalue weighted by Gasteiger charge is 2.22. The van der Waals surface area contributed by atoms with Gasteiger partial charge in [-0.3, -0.25) is 14.1 Å². The second-order valence-electron chi connectivity index (χ2n) is 11.9. The molecule has 0 bridgehead atoms. The molecule has 48 heavy (non-hydrogen) atoms. The number of unbranched alkanes of at least 4 members (excludes halogenated alkanes) is 5. The summed E-state index contributed by atoms with van der Waals surface area (Å²) in [4.78, 5) is 42.5. The predicted octanol–water partition coefficient (Wildman–Crippen LogP) is 9.17. The second-order valence-corrected chi connectivity index (χ2v) is 13.1. The van der Waals surface area contributed by atoms with Crippen molar-refractivity contribution < 1.29 is 43.0 Å². The molecule has 9 nitrogen and oxygen atoms in total. The molecule has 0 radical (unpaired) electrons. The van der Waals surface area contributed by atoms with E-state index in [0.29, 0.717) is 19.3 Å². The molecular weight excluding hydrogens is 631 g/mol. The van der Waals surface area contributed by atoms with E-state index in [1.165, 1.54) is 25.7 Å². The largest absolute Gasteiger partial charge is 0.469 e. The van der Waals surface area contributed by atoms with Gasteiger partial charge in [-0.15, -0.1) is 0 Å². The lowest BCUT2D eigenvalue weighted by molar-refractivity contribution is -0.161. The van der Waals surface area contributed by atoms with Gasteiger partial charge in [0.05, 0.1) is 12.7 Å². The first-order chi connectivity index (χ1) is 23.1. The van der Waals surface area contributed by atoms with Crippen LogP contribution in [-0.4, -0.2) is 52.3 Å². The van der Waals surface area contributed by atoms with Crippen molar-refractivity contribution in [1.82, 2.24) is 0 Å². The molecular formula is C38H63O9P. The molecule has 0 saturated heterocycles. The molecule has 0 spiro atoms. The van der Waals surface area contributed by atoms with Crippen LogP contribution in [0.3, 0.4) is 0 Å². The molecule has 0 aliphatic carbocycles. The van der Waals surface area contributed by atoms with Crippen molar-refractivity contribution in [2.45, 2.75) is 136 Å². The Balaban J connectivity index is 4.26. The number of aliphatic hydroxyl groups excluding tert-OH is 1. The van der Waals surface area contributed by atoms with E-state index in [2.05, 4.69) is 61.8 Å². The van der Waals surface area contributed by atoms with Crippen molar-refractivity contribution in [3.05, 3.63) is 72.9 Å². The number of hydrogen-bond donors (Lipinski definition) is 3. The summed E-state index contributed by atoms with van der Waals surface area (Å²) in [6.45, 7) is 5.64. The number of esters is 2. The van der Waals surface area contributed by atoms with Gasteiger partial charge in [-0.2, -0.15) is 0 Å². The molecule has 3 N–H and O–H groups in total. The standard InChI is InChI=1S/C38H63O9P/c1-4-6-7-8-9-10-11-12-13-14-15-19-23-28-35(39)29-24-21-26-30-37(40)45-32-36(33-46-48(42,43)44)47-38(41)31-25-20-17-16-18-22-27-34(3)5-2/h6-7,9-10,12-13,15,19,21,23-24,28,34-36,39H,4-5,8,11,14,16-18,20,22,25-27,29-33H2,1-3H3,(H2,42,43,44)/b7-6-,10-9-,13-12-,19-15-,24-21-,28-23-/t34?,35?,36-/m1/s1. The number of allylic oxidation sites excluding steroid dienone is 10. The highest BCUT2D eigenvalue weighted by Crippen LogP contribution is 2.35. The van der Waals surface area contributed by atoms with Crippen LogP contribution in [0.4, 0.5) is 0 Å². The predicted molar refractivity (Wildman–Crippen MR) is 194 cm³/mol. The lowest BCUT2D eigenvalue weighted by Crippen LogP contribution is -2.29. The summed E-state index contributed by atoms with van der Waals surface area (Å²) in [6, 6.07) is 0. The fraction of sp³-hybridized carbons (Fsp3) is 0.632. The Kier molecular flexibility index (Phi) is 30.0. The summed E-state index contributed by atoms with van der Waals surface area (Å²) in [5.41, 5.74) is 0. The number of rotatable bonds is 30. The summed E-state index contributed by atoms with van der Waals surface area (Å²) in [7, 11) is -4.79. The van der Waals surface area contributed by atoms with E-state index < -0.39 is 38.6 Å². The molecule has 2 unspecified atom stereocenters. The number of ether oxygens (including phenoxy) is 2. The molecule has 0 amide bonds. The van der Waals surface area contributed by atoms with Crippen molar-refractivity contribution in [2.24, 2.45) is 5.92 Å². The Hall–Kier alpha value is -2.55. The van der Waals surface area contributed by atoms with Crippen LogP contribution < -0.4 is 0 Å². The van der Waals surface area contributed by atoms with E-state index >= 15 is 0 Å². The third-order valence-electron chi connectivity index (χ3n) is 7.37. The fourth-order valence-corrected chi connectivity index (χ4v) is 4.70. The van der Waals surface area contributed by atoms with Crippen LogP contribution in [0.15, 0.2) is 72.9 Å². The minimum absolute atomic E-state index is 0.0573. The summed E-state index contributed by atoms with van der Waals surface area (Å²) >= 11 is 0. The van der Waals surface area contributed by atoms with E-state index in [-0.39, 0.29) is 19.4 Å². The quantitative estimate of drug-likeness (QED) is 0.0221. The Bertz CT molecular complexity index is 1040. The average Bonchev–Trinajstić information content (AvgIpc) is 3.04. The number of phosphoric ester groups is 1. The molecule has 0 aliphatic heterocycles. The maximum Gasteiger partial charge on any atom is 0.469 e. The van der Waals surface area contributed by atoms with Crippen molar-refractivity contribution in [3.8, 4) is 0 Å². The van der Waals surface area contributed by atoms with Crippen molar-refractivity contribution in [2.75, 3.05) is 13.2 Å². The Labute approximate surface area is 290 Å². The maximum absolute atomic E-state index is 12.3. The molecule has 274 valence electrons. The van der Waals surface area contributed by atoms with E-state index in [4.69, 9.17) is 19.3 Å². The number of aliphatic hydroxyl groups is 1. The van der Waals surface area contributed by atoms with Crippen molar-refractivity contribution in [1.29, 1.82) is 0 Å². The van der Waals surface area contributed by atoms with Gasteiger partial charge in [0.25, 0.3) is 0 Å². The molecule has 0 heterocycles. The summed E-state index contributed by atoms with van der Waals surface area (Å²) < 4.78 is 26.1. The molecule has 0 rings (SSSR count). The van der Waals surface area contributed by atoms with E-state index in [0.717, 1.165) is 50.9 Å². The Morgan fingerprint density at radius 2 is 1.35 bits per heavy atom. The molecule has 0 aromatic heterocycles. The lowest BCUT2D eigenvalue weighted by Gasteiger charge is -2.18. The second kappa shape index (κ2) is 31.7. The van der Waals surface area contributed by atoms with Crippen LogP contribution in [0, 0.1) is 5.92 Å². The van der Waals surface area contributed by atoms with Gasteiger partial charge in [0.1, 0.15) is 6.61 Å². The van der Waals surface area contributed by atoms with E-state index in [1.54, 1.807) is 24.3 Å². The van der Waals surface area contributed by atoms with Gasteiger partial charge in [-0.25, -0.2) is 4.57 Å². The highest BCUT2D eigenvalue weighted by molar-refractivity contribution is 7.46. The minimum atomic E-state index is -4.79. The third kappa shape index (κ3) is 33.4. The van der Waals surface area contributed by atoms with E-state index in [9.17, 15) is 19.3 Å². The van der Waals surface area contributed by atoms with Gasteiger partial charge in [-0.05, 0) is 50.9 Å². The average molecular weight is 695 g/mol. The van der Waals surface area contributed by atoms with Crippen LogP contribution >= 0.6 is 7.82 Å². The monoisotopic (exact) mass is 694 g/mol. The van der Waals surface area contributed by atoms with Crippen LogP contribution in [0.2, 0.25) is 0 Å². The number of phosphoric acid groups is 1. The van der Waals surface area contributed by atoms with Gasteiger partial charge in [0.15, 0.2) is 6.10 Å². The fourth-order valence-electron chi connectivity index (χ4n) is 4.34. The van der Waals surface area contributed by atoms with E-state index in [1.807, 2.05) is 12.2 Å². The van der Waals surface area contributed by atoms with Gasteiger partial charge in [0.2, 0.25) is 0 Å². The first-order valence-electron chi connectivity index (χ1n) is 17.7. The first-order valence-corrected chi connectivity index (χ1v) is 19.3. The van der Waals surface area contributed by atoms with Crippen molar-refractivity contribution >= 4 is 19.8 Å². The number of hydrogen-bond acceptors (Lipinski definition) is 7. The minimum Gasteiger partial charge on any atom is -0.462 e. The van der Waals surface area contributed by atoms with Gasteiger partial charge >= 0.3 is 19.8 Å². The van der Waals surface area contributed by atoms with Crippen LogP contribution in [0.1, 0.15) is 124 Å². The molecule has 3 atom stereocenters. The van der Waals surface area contributed by atoms with Gasteiger partial charge in [-0.1, -0.05) is 139 Å². The number of carbonyl (C=O) groups is 2. The summed E-state index contributed by atoms with van der Waals surface area (Å²) in [5.74, 6) is -0.316.